The number of carbonyl (C=O) groups is 6. The van der Waals surface area contributed by atoms with Crippen LogP contribution < -0.4 is 25.3 Å². The van der Waals surface area contributed by atoms with E-state index in [1.54, 1.807) is 94.9 Å². The maximum atomic E-state index is 14.5. The first-order valence-electron chi connectivity index (χ1n) is 23.1. The van der Waals surface area contributed by atoms with Crippen LogP contribution in [0.15, 0.2) is 126 Å². The molecular formula is C52H55ClN7O12S2+. The lowest BCUT2D eigenvalue weighted by Crippen LogP contribution is -2.71. The molecule has 1 fully saturated rings. The summed E-state index contributed by atoms with van der Waals surface area (Å²) in [4.78, 5) is 93.1. The molecule has 19 nitrogen and oxygen atoms in total. The van der Waals surface area contributed by atoms with Gasteiger partial charge in [0, 0.05) is 23.5 Å². The van der Waals surface area contributed by atoms with Gasteiger partial charge in [-0.3, -0.25) is 25.1 Å². The zero-order chi connectivity index (χ0) is 53.3. The molecule has 0 bridgehead atoms. The van der Waals surface area contributed by atoms with Gasteiger partial charge < -0.3 is 33.8 Å². The molecule has 2 aromatic heterocycles. The number of ether oxygens (including phenoxy) is 5. The predicted octanol–water partition coefficient (Wildman–Crippen LogP) is 8.33. The van der Waals surface area contributed by atoms with E-state index >= 15 is 0 Å². The molecule has 3 N–H and O–H groups in total. The first-order chi connectivity index (χ1) is 35.2. The lowest BCUT2D eigenvalue weighted by Gasteiger charge is -2.49. The second kappa shape index (κ2) is 23.6. The highest BCUT2D eigenvalue weighted by atomic mass is 35.5. The largest absolute Gasteiger partial charge is 0.497 e. The normalized spacial score (nSPS) is 16.0. The molecule has 388 valence electrons. The van der Waals surface area contributed by atoms with Crippen LogP contribution in [0.4, 0.5) is 20.4 Å². The fraction of sp³-hybridized carbons (Fsp3) is 0.327. The van der Waals surface area contributed by atoms with E-state index in [9.17, 15) is 28.8 Å². The number of aromatic nitrogens is 2. The molecule has 0 saturated carbocycles. The van der Waals surface area contributed by atoms with Crippen LogP contribution in [0.1, 0.15) is 77.0 Å². The molecule has 74 heavy (non-hydrogen) atoms. The van der Waals surface area contributed by atoms with Crippen LogP contribution >= 0.6 is 34.7 Å². The second-order valence-corrected chi connectivity index (χ2v) is 21.4. The van der Waals surface area contributed by atoms with Crippen molar-refractivity contribution in [3.8, 4) is 5.75 Å². The zero-order valence-electron chi connectivity index (χ0n) is 41.7. The van der Waals surface area contributed by atoms with Crippen LogP contribution in [0.5, 0.6) is 5.75 Å². The van der Waals surface area contributed by atoms with E-state index in [0.29, 0.717) is 33.7 Å². The number of hydrogen-bond acceptors (Lipinski definition) is 16. The van der Waals surface area contributed by atoms with Crippen LogP contribution in [0.2, 0.25) is 4.34 Å². The Kier molecular flexibility index (Phi) is 17.3. The number of halogens is 1. The number of nitrogens with one attached hydrogen (secondary N) is 3. The summed E-state index contributed by atoms with van der Waals surface area (Å²) in [6.07, 6.45) is -0.288. The number of methoxy groups -OCH3 is 1. The van der Waals surface area contributed by atoms with Crippen LogP contribution in [0, 0.1) is 0 Å². The number of fused-ring (bicyclic) bond motifs is 1. The van der Waals surface area contributed by atoms with E-state index in [0.717, 1.165) is 11.3 Å². The van der Waals surface area contributed by atoms with E-state index in [4.69, 9.17) is 40.1 Å². The number of pyridine rings is 1. The van der Waals surface area contributed by atoms with Gasteiger partial charge in [-0.05, 0) is 77.3 Å². The zero-order valence-corrected chi connectivity index (χ0v) is 44.1. The topological polar surface area (TPSA) is 226 Å². The fourth-order valence-corrected chi connectivity index (χ4v) is 9.65. The minimum absolute atomic E-state index is 0.00417. The molecular weight excluding hydrogens is 1010 g/mol. The Balaban J connectivity index is 1.14. The SMILES string of the molecule is COc1ccc(COC(=O)C2=C(C[n+]3ccc(NC(=O)OC(C)(C)C)cc3)CSC3C(NC(=O)/C(=N\OC(C)C(=O)OC(c4ccccc4)c4ccccc4)c4nc(NC(=O)OC(C)(C)C)sc4Cl)C(=O)N23)cc1. The number of nitrogens with zero attached hydrogens (tertiary/aromatic N) is 4. The Morgan fingerprint density at radius 2 is 1.45 bits per heavy atom. The third-order valence-corrected chi connectivity index (χ3v) is 13.2. The van der Waals surface area contributed by atoms with Crippen molar-refractivity contribution in [2.45, 2.75) is 96.4 Å². The summed E-state index contributed by atoms with van der Waals surface area (Å²) in [5, 5.41) is 11.1. The Labute approximate surface area is 440 Å². The number of rotatable bonds is 17. The molecule has 3 aromatic carbocycles. The molecule has 0 radical (unpaired) electrons. The van der Waals surface area contributed by atoms with Crippen LogP contribution in [-0.4, -0.2) is 93.1 Å². The first kappa shape index (κ1) is 54.3. The van der Waals surface area contributed by atoms with Crippen LogP contribution in [0.25, 0.3) is 0 Å². The van der Waals surface area contributed by atoms with Crippen molar-refractivity contribution in [1.82, 2.24) is 15.2 Å². The lowest BCUT2D eigenvalue weighted by molar-refractivity contribution is -0.688. The monoisotopic (exact) mass is 1070 g/mol. The minimum atomic E-state index is -1.40. The molecule has 2 aliphatic heterocycles. The highest BCUT2D eigenvalue weighted by Gasteiger charge is 2.55. The molecule has 1 saturated heterocycles. The van der Waals surface area contributed by atoms with Gasteiger partial charge in [-0.25, -0.2) is 28.7 Å². The molecule has 4 heterocycles. The summed E-state index contributed by atoms with van der Waals surface area (Å²) in [7, 11) is 1.54. The summed E-state index contributed by atoms with van der Waals surface area (Å²) in [6.45, 7) is 11.7. The molecule has 0 aliphatic carbocycles. The van der Waals surface area contributed by atoms with E-state index in [2.05, 4.69) is 26.1 Å². The summed E-state index contributed by atoms with van der Waals surface area (Å²) in [5.74, 6) is -2.39. The van der Waals surface area contributed by atoms with E-state index in [1.807, 2.05) is 60.7 Å². The van der Waals surface area contributed by atoms with Crippen molar-refractivity contribution < 1.29 is 61.9 Å². The quantitative estimate of drug-likeness (QED) is 0.0199. The molecule has 3 unspecified atom stereocenters. The average molecular weight is 1070 g/mol. The Bertz CT molecular complexity index is 2890. The van der Waals surface area contributed by atoms with Gasteiger partial charge in [0.1, 0.15) is 50.7 Å². The standard InChI is InChI=1S/C52H54ClN7O12S2/c1-30(46(63)69-41(32-15-11-9-12-16-32)33-17-13-10-14-18-33)72-58-38(37-42(53)74-48(56-37)57-50(66)71-52(5,6)7)43(61)55-39-44(62)60-40(47(64)68-28-31-19-21-36(67-8)22-20-31)34(29-73-45(39)60)27-59-25-23-35(24-26-59)54-49(65)70-51(2,3)4/h9-26,30,39,41,45H,27-29H2,1-8H3,(H2,55,56,57,61,66)/p+1/b58-38-. The van der Waals surface area contributed by atoms with E-state index in [1.165, 1.54) is 30.7 Å². The third-order valence-electron chi connectivity index (χ3n) is 10.7. The van der Waals surface area contributed by atoms with Crippen molar-refractivity contribution in [3.05, 3.63) is 147 Å². The maximum absolute atomic E-state index is 14.5. The third kappa shape index (κ3) is 14.2. The number of β-lactam (4-membered cyclic amide) rings is 1. The predicted molar refractivity (Wildman–Crippen MR) is 276 cm³/mol. The summed E-state index contributed by atoms with van der Waals surface area (Å²) in [6, 6.07) is 27.2. The van der Waals surface area contributed by atoms with Crippen molar-refractivity contribution >= 4 is 87.2 Å². The van der Waals surface area contributed by atoms with Gasteiger partial charge in [-0.1, -0.05) is 101 Å². The summed E-state index contributed by atoms with van der Waals surface area (Å²) in [5.41, 5.74) is 0.712. The Morgan fingerprint density at radius 3 is 2.03 bits per heavy atom. The molecule has 22 heteroatoms. The Hall–Kier alpha value is -7.49. The number of benzene rings is 3. The van der Waals surface area contributed by atoms with E-state index < -0.39 is 76.5 Å². The molecule has 0 spiro atoms. The number of carbonyl (C=O) groups excluding carboxylic acids is 6. The summed E-state index contributed by atoms with van der Waals surface area (Å²) >= 11 is 8.76. The molecule has 5 aromatic rings. The van der Waals surface area contributed by atoms with Crippen molar-refractivity contribution in [2.24, 2.45) is 5.16 Å². The van der Waals surface area contributed by atoms with Crippen molar-refractivity contribution in [2.75, 3.05) is 23.5 Å². The number of esters is 2. The minimum Gasteiger partial charge on any atom is -0.497 e. The maximum Gasteiger partial charge on any atom is 0.413 e. The van der Waals surface area contributed by atoms with Gasteiger partial charge in [0.15, 0.2) is 35.9 Å². The van der Waals surface area contributed by atoms with Crippen molar-refractivity contribution in [3.63, 3.8) is 0 Å². The number of oxime groups is 1. The molecule has 4 amide bonds. The van der Waals surface area contributed by atoms with Gasteiger partial charge in [-0.2, -0.15) is 0 Å². The average Bonchev–Trinajstić information content (AvgIpc) is 3.72. The van der Waals surface area contributed by atoms with Crippen LogP contribution in [-0.2, 0) is 56.1 Å². The number of thiazole rings is 1. The fourth-order valence-electron chi connectivity index (χ4n) is 7.28. The van der Waals surface area contributed by atoms with Gasteiger partial charge in [0.05, 0.1) is 12.8 Å². The number of amides is 4. The smallest absolute Gasteiger partial charge is 0.413 e. The highest BCUT2D eigenvalue weighted by molar-refractivity contribution is 8.00. The van der Waals surface area contributed by atoms with E-state index in [-0.39, 0.29) is 39.8 Å². The lowest BCUT2D eigenvalue weighted by atomic mass is 10.0. The van der Waals surface area contributed by atoms with Crippen LogP contribution in [0.3, 0.4) is 0 Å². The molecule has 7 rings (SSSR count). The highest BCUT2D eigenvalue weighted by Crippen LogP contribution is 2.41. The van der Waals surface area contributed by atoms with Gasteiger partial charge >= 0.3 is 24.1 Å². The Morgan fingerprint density at radius 1 is 0.851 bits per heavy atom. The van der Waals surface area contributed by atoms with Gasteiger partial charge in [-0.15, -0.1) is 11.8 Å². The number of hydrogen-bond donors (Lipinski definition) is 3. The molecule has 2 aliphatic rings. The van der Waals surface area contributed by atoms with Gasteiger partial charge in [0.25, 0.3) is 11.8 Å². The van der Waals surface area contributed by atoms with Gasteiger partial charge in [0.2, 0.25) is 6.10 Å². The second-order valence-electron chi connectivity index (χ2n) is 18.7. The number of anilines is 2. The molecule has 3 atom stereocenters. The van der Waals surface area contributed by atoms with Crippen molar-refractivity contribution in [1.29, 1.82) is 0 Å². The number of thioether (sulfide) groups is 1. The first-order valence-corrected chi connectivity index (χ1v) is 25.4. The summed E-state index contributed by atoms with van der Waals surface area (Å²) < 4.78 is 29.4.